The van der Waals surface area contributed by atoms with Crippen molar-refractivity contribution in [3.8, 4) is 5.75 Å². The molecule has 3 amide bonds. The highest BCUT2D eigenvalue weighted by Gasteiger charge is 2.16. The molecule has 2 aromatic rings. The van der Waals surface area contributed by atoms with Gasteiger partial charge in [0.2, 0.25) is 5.91 Å². The molecule has 0 unspecified atom stereocenters. The lowest BCUT2D eigenvalue weighted by atomic mass is 10.3. The van der Waals surface area contributed by atoms with Crippen molar-refractivity contribution < 1.29 is 19.1 Å². The third-order valence-electron chi connectivity index (χ3n) is 3.17. The number of rotatable bonds is 5. The van der Waals surface area contributed by atoms with E-state index in [1.165, 1.54) is 31.4 Å². The number of nitrogens with one attached hydrogen (secondary N) is 3. The van der Waals surface area contributed by atoms with Crippen molar-refractivity contribution in [3.05, 3.63) is 51.5 Å². The second-order valence-electron chi connectivity index (χ2n) is 5.19. The molecule has 0 spiro atoms. The summed E-state index contributed by atoms with van der Waals surface area (Å²) in [6.45, 7) is -0.432. The lowest BCUT2D eigenvalue weighted by Gasteiger charge is -2.11. The molecule has 0 fully saturated rings. The average molecular weight is 431 g/mol. The van der Waals surface area contributed by atoms with E-state index in [0.29, 0.717) is 26.5 Å². The SMILES string of the molecule is COc1ccc(Cl)cc1NC(=O)CNC(=O)C(=O)Nc1cc(Cl)cc(Cl)c1. The van der Waals surface area contributed by atoms with E-state index in [1.54, 1.807) is 12.1 Å². The van der Waals surface area contributed by atoms with E-state index >= 15 is 0 Å². The van der Waals surface area contributed by atoms with Crippen molar-refractivity contribution in [3.63, 3.8) is 0 Å². The van der Waals surface area contributed by atoms with Gasteiger partial charge in [-0.3, -0.25) is 14.4 Å². The van der Waals surface area contributed by atoms with Gasteiger partial charge in [0.15, 0.2) is 0 Å². The summed E-state index contributed by atoms with van der Waals surface area (Å²) in [5.74, 6) is -2.14. The summed E-state index contributed by atoms with van der Waals surface area (Å²) < 4.78 is 5.10. The molecule has 2 aromatic carbocycles. The molecule has 0 saturated heterocycles. The molecule has 2 rings (SSSR count). The predicted molar refractivity (Wildman–Crippen MR) is 105 cm³/mol. The number of amides is 3. The van der Waals surface area contributed by atoms with E-state index in [1.807, 2.05) is 0 Å². The summed E-state index contributed by atoms with van der Waals surface area (Å²) in [5, 5.41) is 8.06. The van der Waals surface area contributed by atoms with E-state index in [9.17, 15) is 14.4 Å². The molecule has 0 aliphatic carbocycles. The molecular formula is C17H14Cl3N3O4. The zero-order valence-corrected chi connectivity index (χ0v) is 16.2. The number of anilines is 2. The van der Waals surface area contributed by atoms with E-state index in [2.05, 4.69) is 16.0 Å². The van der Waals surface area contributed by atoms with Crippen LogP contribution >= 0.6 is 34.8 Å². The van der Waals surface area contributed by atoms with Crippen LogP contribution < -0.4 is 20.7 Å². The maximum atomic E-state index is 12.0. The van der Waals surface area contributed by atoms with Crippen LogP contribution in [0.5, 0.6) is 5.75 Å². The number of benzene rings is 2. The van der Waals surface area contributed by atoms with Crippen LogP contribution in [0, 0.1) is 0 Å². The van der Waals surface area contributed by atoms with Crippen molar-refractivity contribution in [2.45, 2.75) is 0 Å². The number of carbonyl (C=O) groups excluding carboxylic acids is 3. The van der Waals surface area contributed by atoms with Gasteiger partial charge >= 0.3 is 11.8 Å². The Labute approximate surface area is 169 Å². The number of carbonyl (C=O) groups is 3. The highest BCUT2D eigenvalue weighted by Crippen LogP contribution is 2.27. The number of methoxy groups -OCH3 is 1. The third kappa shape index (κ3) is 6.32. The van der Waals surface area contributed by atoms with Gasteiger partial charge in [-0.1, -0.05) is 34.8 Å². The fourth-order valence-electron chi connectivity index (χ4n) is 2.03. The van der Waals surface area contributed by atoms with E-state index in [-0.39, 0.29) is 5.69 Å². The van der Waals surface area contributed by atoms with E-state index < -0.39 is 24.3 Å². The standard InChI is InChI=1S/C17H14Cl3N3O4/c1-27-14-3-2-9(18)7-13(14)23-15(24)8-21-16(25)17(26)22-12-5-10(19)4-11(20)6-12/h2-7H,8H2,1H3,(H,21,25)(H,22,26)(H,23,24). The van der Waals surface area contributed by atoms with Crippen molar-refractivity contribution >= 4 is 63.9 Å². The molecule has 0 aromatic heterocycles. The van der Waals surface area contributed by atoms with Crippen LogP contribution in [0.2, 0.25) is 15.1 Å². The maximum Gasteiger partial charge on any atom is 0.313 e. The molecule has 27 heavy (non-hydrogen) atoms. The van der Waals surface area contributed by atoms with Gasteiger partial charge in [0.25, 0.3) is 0 Å². The second kappa shape index (κ2) is 9.45. The summed E-state index contributed by atoms with van der Waals surface area (Å²) in [4.78, 5) is 35.7. The summed E-state index contributed by atoms with van der Waals surface area (Å²) in [5.41, 5.74) is 0.586. The number of hydrogen-bond acceptors (Lipinski definition) is 4. The highest BCUT2D eigenvalue weighted by molar-refractivity contribution is 6.40. The summed E-state index contributed by atoms with van der Waals surface area (Å²) in [6.07, 6.45) is 0. The molecule has 7 nitrogen and oxygen atoms in total. The lowest BCUT2D eigenvalue weighted by molar-refractivity contribution is -0.136. The molecule has 0 heterocycles. The second-order valence-corrected chi connectivity index (χ2v) is 6.50. The lowest BCUT2D eigenvalue weighted by Crippen LogP contribution is -2.39. The summed E-state index contributed by atoms with van der Waals surface area (Å²) in [6, 6.07) is 9.01. The smallest absolute Gasteiger partial charge is 0.313 e. The average Bonchev–Trinajstić information content (AvgIpc) is 2.59. The molecular weight excluding hydrogens is 417 g/mol. The first-order valence-corrected chi connectivity index (χ1v) is 8.60. The van der Waals surface area contributed by atoms with Crippen LogP contribution in [-0.2, 0) is 14.4 Å². The largest absolute Gasteiger partial charge is 0.495 e. The van der Waals surface area contributed by atoms with Gasteiger partial charge < -0.3 is 20.7 Å². The zero-order chi connectivity index (χ0) is 20.0. The fourth-order valence-corrected chi connectivity index (χ4v) is 2.73. The van der Waals surface area contributed by atoms with Gasteiger partial charge in [-0.15, -0.1) is 0 Å². The summed E-state index contributed by atoms with van der Waals surface area (Å²) in [7, 11) is 1.44. The molecule has 0 saturated carbocycles. The minimum atomic E-state index is -1.00. The van der Waals surface area contributed by atoms with Gasteiger partial charge in [0.05, 0.1) is 19.3 Å². The Hall–Kier alpha value is -2.48. The minimum absolute atomic E-state index is 0.251. The summed E-state index contributed by atoms with van der Waals surface area (Å²) >= 11 is 17.5. The molecule has 142 valence electrons. The van der Waals surface area contributed by atoms with Gasteiger partial charge in [-0.2, -0.15) is 0 Å². The van der Waals surface area contributed by atoms with Crippen molar-refractivity contribution in [2.24, 2.45) is 0 Å². The molecule has 3 N–H and O–H groups in total. The van der Waals surface area contributed by atoms with Crippen LogP contribution in [0.3, 0.4) is 0 Å². The number of ether oxygens (including phenoxy) is 1. The minimum Gasteiger partial charge on any atom is -0.495 e. The Morgan fingerprint density at radius 2 is 1.56 bits per heavy atom. The van der Waals surface area contributed by atoms with Crippen LogP contribution in [0.15, 0.2) is 36.4 Å². The maximum absolute atomic E-state index is 12.0. The Morgan fingerprint density at radius 1 is 0.889 bits per heavy atom. The molecule has 0 aliphatic heterocycles. The van der Waals surface area contributed by atoms with Crippen LogP contribution in [0.1, 0.15) is 0 Å². The monoisotopic (exact) mass is 429 g/mol. The van der Waals surface area contributed by atoms with Gasteiger partial charge in [-0.05, 0) is 36.4 Å². The number of hydrogen-bond donors (Lipinski definition) is 3. The van der Waals surface area contributed by atoms with Crippen molar-refractivity contribution in [2.75, 3.05) is 24.3 Å². The van der Waals surface area contributed by atoms with E-state index in [0.717, 1.165) is 0 Å². The topological polar surface area (TPSA) is 96.5 Å². The van der Waals surface area contributed by atoms with Gasteiger partial charge in [0.1, 0.15) is 5.75 Å². The first kappa shape index (κ1) is 20.8. The zero-order valence-electron chi connectivity index (χ0n) is 13.9. The van der Waals surface area contributed by atoms with Crippen molar-refractivity contribution in [1.82, 2.24) is 5.32 Å². The fraction of sp³-hybridized carbons (Fsp3) is 0.118. The molecule has 0 bridgehead atoms. The first-order chi connectivity index (χ1) is 12.8. The third-order valence-corrected chi connectivity index (χ3v) is 3.84. The molecule has 10 heteroatoms. The van der Waals surface area contributed by atoms with Gasteiger partial charge in [0, 0.05) is 20.8 Å². The number of halogens is 3. The van der Waals surface area contributed by atoms with Crippen LogP contribution in [0.25, 0.3) is 0 Å². The van der Waals surface area contributed by atoms with E-state index in [4.69, 9.17) is 39.5 Å². The molecule has 0 aliphatic rings. The van der Waals surface area contributed by atoms with Gasteiger partial charge in [-0.25, -0.2) is 0 Å². The normalized spacial score (nSPS) is 10.1. The Bertz CT molecular complexity index is 869. The highest BCUT2D eigenvalue weighted by atomic mass is 35.5. The van der Waals surface area contributed by atoms with Crippen molar-refractivity contribution in [1.29, 1.82) is 0 Å². The Balaban J connectivity index is 1.90. The molecule has 0 atom stereocenters. The van der Waals surface area contributed by atoms with Crippen LogP contribution in [-0.4, -0.2) is 31.4 Å². The Morgan fingerprint density at radius 3 is 2.19 bits per heavy atom. The molecule has 0 radical (unpaired) electrons. The first-order valence-electron chi connectivity index (χ1n) is 7.47. The predicted octanol–water partition coefficient (Wildman–Crippen LogP) is 3.35. The van der Waals surface area contributed by atoms with Crippen LogP contribution in [0.4, 0.5) is 11.4 Å². The Kier molecular flexibility index (Phi) is 7.29. The quantitative estimate of drug-likeness (QED) is 0.634.